The number of methoxy groups -OCH3 is 1. The van der Waals surface area contributed by atoms with Gasteiger partial charge in [0.2, 0.25) is 0 Å². The van der Waals surface area contributed by atoms with E-state index in [-0.39, 0.29) is 18.2 Å². The van der Waals surface area contributed by atoms with Crippen molar-refractivity contribution < 1.29 is 23.8 Å². The van der Waals surface area contributed by atoms with Crippen LogP contribution in [0.5, 0.6) is 0 Å². The number of nitrogens with zero attached hydrogens (tertiary/aromatic N) is 1. The van der Waals surface area contributed by atoms with Crippen LogP contribution in [0, 0.1) is 0 Å². The summed E-state index contributed by atoms with van der Waals surface area (Å²) in [5.41, 5.74) is -0.562. The van der Waals surface area contributed by atoms with Crippen LogP contribution < -0.4 is 0 Å². The quantitative estimate of drug-likeness (QED) is 0.747. The van der Waals surface area contributed by atoms with Crippen LogP contribution >= 0.6 is 0 Å². The molecule has 1 aliphatic carbocycles. The van der Waals surface area contributed by atoms with E-state index in [1.807, 2.05) is 20.8 Å². The van der Waals surface area contributed by atoms with Crippen molar-refractivity contribution in [2.45, 2.75) is 70.3 Å². The fourth-order valence-corrected chi connectivity index (χ4v) is 2.60. The molecule has 0 spiro atoms. The minimum absolute atomic E-state index is 0.0801. The number of carbonyl (C=O) groups is 2. The van der Waals surface area contributed by atoms with Crippen molar-refractivity contribution in [3.05, 3.63) is 0 Å². The van der Waals surface area contributed by atoms with E-state index >= 15 is 0 Å². The second-order valence-corrected chi connectivity index (χ2v) is 6.72. The molecule has 6 nitrogen and oxygen atoms in total. The monoisotopic (exact) mass is 299 g/mol. The molecule has 2 fully saturated rings. The van der Waals surface area contributed by atoms with Crippen molar-refractivity contribution in [3.63, 3.8) is 0 Å². The summed E-state index contributed by atoms with van der Waals surface area (Å²) < 4.78 is 15.9. The third-order valence-electron chi connectivity index (χ3n) is 3.82. The summed E-state index contributed by atoms with van der Waals surface area (Å²) in [7, 11) is 1.66. The number of likely N-dealkylation sites (tertiary alicyclic amines) is 1. The maximum absolute atomic E-state index is 12.2. The van der Waals surface area contributed by atoms with Gasteiger partial charge in [0.1, 0.15) is 17.7 Å². The van der Waals surface area contributed by atoms with Gasteiger partial charge in [0.05, 0.1) is 6.10 Å². The van der Waals surface area contributed by atoms with E-state index in [0.29, 0.717) is 13.0 Å². The molecular formula is C15H25NO5. The van der Waals surface area contributed by atoms with Gasteiger partial charge < -0.3 is 14.2 Å². The van der Waals surface area contributed by atoms with Crippen LogP contribution in [0.15, 0.2) is 0 Å². The van der Waals surface area contributed by atoms with Gasteiger partial charge in [-0.25, -0.2) is 9.59 Å². The zero-order chi connectivity index (χ0) is 15.6. The fourth-order valence-electron chi connectivity index (χ4n) is 2.60. The largest absolute Gasteiger partial charge is 0.461 e. The molecule has 0 radical (unpaired) electrons. The zero-order valence-electron chi connectivity index (χ0n) is 13.3. The smallest absolute Gasteiger partial charge is 0.411 e. The van der Waals surface area contributed by atoms with Gasteiger partial charge in [0.15, 0.2) is 0 Å². The Morgan fingerprint density at radius 2 is 1.81 bits per heavy atom. The Bertz CT molecular complexity index is 397. The lowest BCUT2D eigenvalue weighted by molar-refractivity contribution is -0.165. The normalized spacial score (nSPS) is 29.0. The summed E-state index contributed by atoms with van der Waals surface area (Å²) >= 11 is 0. The Labute approximate surface area is 125 Å². The molecule has 6 heteroatoms. The Balaban J connectivity index is 1.86. The molecule has 1 heterocycles. The zero-order valence-corrected chi connectivity index (χ0v) is 13.3. The molecule has 21 heavy (non-hydrogen) atoms. The Morgan fingerprint density at radius 1 is 1.14 bits per heavy atom. The number of hydrogen-bond acceptors (Lipinski definition) is 5. The number of hydrogen-bond donors (Lipinski definition) is 0. The summed E-state index contributed by atoms with van der Waals surface area (Å²) in [5.74, 6) is -0.321. The van der Waals surface area contributed by atoms with Crippen molar-refractivity contribution in [2.75, 3.05) is 13.7 Å². The van der Waals surface area contributed by atoms with Gasteiger partial charge >= 0.3 is 12.1 Å². The van der Waals surface area contributed by atoms with E-state index in [2.05, 4.69) is 0 Å². The first kappa shape index (κ1) is 16.1. The molecule has 2 aliphatic rings. The van der Waals surface area contributed by atoms with Crippen LogP contribution in [0.4, 0.5) is 4.79 Å². The molecule has 0 N–H and O–H groups in total. The molecule has 0 aromatic heterocycles. The summed E-state index contributed by atoms with van der Waals surface area (Å²) in [6.45, 7) is 5.98. The maximum Gasteiger partial charge on any atom is 0.411 e. The average molecular weight is 299 g/mol. The minimum atomic E-state index is -0.562. The highest BCUT2D eigenvalue weighted by atomic mass is 16.6. The molecule has 1 amide bonds. The average Bonchev–Trinajstić information content (AvgIpc) is 2.79. The summed E-state index contributed by atoms with van der Waals surface area (Å²) in [6, 6.07) is -0.513. The number of carbonyl (C=O) groups excluding carboxylic acids is 2. The third kappa shape index (κ3) is 4.09. The molecule has 120 valence electrons. The van der Waals surface area contributed by atoms with Crippen LogP contribution in [0.2, 0.25) is 0 Å². The number of ether oxygens (including phenoxy) is 3. The topological polar surface area (TPSA) is 65.1 Å². The standard InChI is InChI=1S/C15H25NO5/c1-15(2,3)21-14(18)16-7-5-6-12(16)13(17)20-11-8-10(9-11)19-4/h10-12H,5-9H2,1-4H3/t10?,11?,12-/m0/s1. The second kappa shape index (κ2) is 6.22. The van der Waals surface area contributed by atoms with Crippen LogP contribution in [-0.4, -0.2) is 54.5 Å². The summed E-state index contributed by atoms with van der Waals surface area (Å²) in [5, 5.41) is 0. The van der Waals surface area contributed by atoms with Crippen LogP contribution in [-0.2, 0) is 19.0 Å². The lowest BCUT2D eigenvalue weighted by atomic mass is 9.92. The molecule has 1 saturated carbocycles. The predicted molar refractivity (Wildman–Crippen MR) is 75.9 cm³/mol. The van der Waals surface area contributed by atoms with Crippen molar-refractivity contribution in [1.82, 2.24) is 4.90 Å². The number of esters is 1. The highest BCUT2D eigenvalue weighted by Crippen LogP contribution is 2.28. The van der Waals surface area contributed by atoms with Crippen molar-refractivity contribution in [1.29, 1.82) is 0 Å². The summed E-state index contributed by atoms with van der Waals surface area (Å²) in [6.07, 6.45) is 2.58. The first-order chi connectivity index (χ1) is 9.80. The maximum atomic E-state index is 12.2. The molecule has 1 aliphatic heterocycles. The van der Waals surface area contributed by atoms with E-state index in [0.717, 1.165) is 19.3 Å². The molecule has 1 atom stereocenters. The van der Waals surface area contributed by atoms with Gasteiger partial charge in [-0.15, -0.1) is 0 Å². The Hall–Kier alpha value is -1.30. The molecule has 2 rings (SSSR count). The van der Waals surface area contributed by atoms with Gasteiger partial charge in [-0.3, -0.25) is 4.90 Å². The van der Waals surface area contributed by atoms with Gasteiger partial charge in [0, 0.05) is 26.5 Å². The molecular weight excluding hydrogens is 274 g/mol. The predicted octanol–water partition coefficient (Wildman–Crippen LogP) is 2.11. The van der Waals surface area contributed by atoms with Crippen molar-refractivity contribution >= 4 is 12.1 Å². The van der Waals surface area contributed by atoms with E-state index in [9.17, 15) is 9.59 Å². The van der Waals surface area contributed by atoms with E-state index in [1.54, 1.807) is 7.11 Å². The van der Waals surface area contributed by atoms with Crippen molar-refractivity contribution in [3.8, 4) is 0 Å². The lowest BCUT2D eigenvalue weighted by Gasteiger charge is -2.35. The Kier molecular flexibility index (Phi) is 4.76. The number of rotatable bonds is 3. The van der Waals surface area contributed by atoms with Crippen molar-refractivity contribution in [2.24, 2.45) is 0 Å². The first-order valence-electron chi connectivity index (χ1n) is 7.53. The molecule has 0 aromatic carbocycles. The van der Waals surface area contributed by atoms with E-state index in [1.165, 1.54) is 4.90 Å². The van der Waals surface area contributed by atoms with Gasteiger partial charge in [-0.1, -0.05) is 0 Å². The SMILES string of the molecule is COC1CC(OC(=O)[C@@H]2CCCN2C(=O)OC(C)(C)C)C1. The molecule has 0 aromatic rings. The number of amides is 1. The molecule has 0 bridgehead atoms. The summed E-state index contributed by atoms with van der Waals surface area (Å²) in [4.78, 5) is 25.8. The third-order valence-corrected chi connectivity index (χ3v) is 3.82. The highest BCUT2D eigenvalue weighted by Gasteiger charge is 2.40. The van der Waals surface area contributed by atoms with Gasteiger partial charge in [-0.05, 0) is 33.6 Å². The lowest BCUT2D eigenvalue weighted by Crippen LogP contribution is -2.46. The van der Waals surface area contributed by atoms with Gasteiger partial charge in [0.25, 0.3) is 0 Å². The Morgan fingerprint density at radius 3 is 2.38 bits per heavy atom. The van der Waals surface area contributed by atoms with Crippen LogP contribution in [0.25, 0.3) is 0 Å². The minimum Gasteiger partial charge on any atom is -0.461 e. The van der Waals surface area contributed by atoms with Gasteiger partial charge in [-0.2, -0.15) is 0 Å². The fraction of sp³-hybridized carbons (Fsp3) is 0.867. The second-order valence-electron chi connectivity index (χ2n) is 6.72. The van der Waals surface area contributed by atoms with Crippen LogP contribution in [0.1, 0.15) is 46.5 Å². The first-order valence-corrected chi connectivity index (χ1v) is 7.53. The molecule has 0 unspecified atom stereocenters. The highest BCUT2D eigenvalue weighted by molar-refractivity contribution is 5.82. The molecule has 1 saturated heterocycles. The van der Waals surface area contributed by atoms with E-state index in [4.69, 9.17) is 14.2 Å². The van der Waals surface area contributed by atoms with E-state index < -0.39 is 17.7 Å². The van der Waals surface area contributed by atoms with Crippen LogP contribution in [0.3, 0.4) is 0 Å².